The molecule has 2 N–H and O–H groups in total. The first-order valence-corrected chi connectivity index (χ1v) is 12.8. The third-order valence-corrected chi connectivity index (χ3v) is 6.71. The molecule has 0 amide bonds. The van der Waals surface area contributed by atoms with E-state index in [2.05, 4.69) is 52.8 Å². The topological polar surface area (TPSA) is 40.5 Å². The van der Waals surface area contributed by atoms with Crippen molar-refractivity contribution in [2.45, 2.75) is 86.0 Å². The van der Waals surface area contributed by atoms with Crippen molar-refractivity contribution < 1.29 is 10.2 Å². The molecule has 0 aliphatic rings. The van der Waals surface area contributed by atoms with E-state index in [1.54, 1.807) is 0 Å². The molecule has 0 atom stereocenters. The third-order valence-electron chi connectivity index (χ3n) is 6.71. The molecular weight excluding hydrogens is 404 g/mol. The van der Waals surface area contributed by atoms with Gasteiger partial charge in [0.05, 0.1) is 0 Å². The van der Waals surface area contributed by atoms with Crippen molar-refractivity contribution in [2.24, 2.45) is 11.8 Å². The van der Waals surface area contributed by atoms with E-state index in [9.17, 15) is 10.2 Å². The van der Waals surface area contributed by atoms with Gasteiger partial charge in [-0.2, -0.15) is 0 Å². The zero-order valence-electron chi connectivity index (χ0n) is 21.2. The lowest BCUT2D eigenvalue weighted by molar-refractivity contribution is 0.478. The van der Waals surface area contributed by atoms with E-state index in [1.165, 1.54) is 42.4 Å². The molecule has 0 saturated carbocycles. The van der Waals surface area contributed by atoms with Gasteiger partial charge in [-0.3, -0.25) is 0 Å². The first-order chi connectivity index (χ1) is 15.8. The van der Waals surface area contributed by atoms with Crippen LogP contribution in [0, 0.1) is 11.8 Å². The number of benzene rings is 3. The average Bonchev–Trinajstić information content (AvgIpc) is 2.77. The van der Waals surface area contributed by atoms with Crippen LogP contribution >= 0.6 is 0 Å². The largest absolute Gasteiger partial charge is 0.507 e. The highest BCUT2D eigenvalue weighted by Crippen LogP contribution is 2.42. The number of rotatable bonds is 11. The predicted molar refractivity (Wildman–Crippen MR) is 143 cm³/mol. The highest BCUT2D eigenvalue weighted by Gasteiger charge is 2.14. The lowest BCUT2D eigenvalue weighted by Crippen LogP contribution is -1.92. The molecule has 2 nitrogen and oxygen atoms in total. The fourth-order valence-electron chi connectivity index (χ4n) is 4.68. The van der Waals surface area contributed by atoms with E-state index in [-0.39, 0.29) is 11.5 Å². The second-order valence-electron chi connectivity index (χ2n) is 10.6. The first kappa shape index (κ1) is 25.1. The Hall–Kier alpha value is -2.48. The van der Waals surface area contributed by atoms with Crippen LogP contribution in [0.15, 0.2) is 48.0 Å². The highest BCUT2D eigenvalue weighted by atomic mass is 16.3. The Bertz CT molecular complexity index is 1110. The van der Waals surface area contributed by atoms with Crippen molar-refractivity contribution in [3.63, 3.8) is 0 Å². The Morgan fingerprint density at radius 2 is 1.24 bits per heavy atom. The molecule has 3 rings (SSSR count). The summed E-state index contributed by atoms with van der Waals surface area (Å²) < 4.78 is 0. The van der Waals surface area contributed by atoms with E-state index < -0.39 is 0 Å². The van der Waals surface area contributed by atoms with Crippen LogP contribution in [0.4, 0.5) is 0 Å². The van der Waals surface area contributed by atoms with Gasteiger partial charge in [0.2, 0.25) is 0 Å². The summed E-state index contributed by atoms with van der Waals surface area (Å²) in [5.41, 5.74) is 3.87. The van der Waals surface area contributed by atoms with Gasteiger partial charge in [0.15, 0.2) is 0 Å². The minimum absolute atomic E-state index is 0.272. The second-order valence-corrected chi connectivity index (χ2v) is 10.6. The van der Waals surface area contributed by atoms with Crippen LogP contribution in [0.2, 0.25) is 0 Å². The average molecular weight is 447 g/mol. The molecule has 0 bridgehead atoms. The Morgan fingerprint density at radius 1 is 0.727 bits per heavy atom. The summed E-state index contributed by atoms with van der Waals surface area (Å²) >= 11 is 0. The van der Waals surface area contributed by atoms with Crippen LogP contribution in [0.5, 0.6) is 11.5 Å². The molecule has 0 radical (unpaired) electrons. The first-order valence-electron chi connectivity index (χ1n) is 12.8. The molecule has 0 unspecified atom stereocenters. The number of aromatic hydroxyl groups is 2. The minimum Gasteiger partial charge on any atom is -0.507 e. The lowest BCUT2D eigenvalue weighted by atomic mass is 9.95. The Kier molecular flexibility index (Phi) is 8.83. The smallest absolute Gasteiger partial charge is 0.131 e. The zero-order chi connectivity index (χ0) is 24.0. The molecule has 0 aliphatic carbocycles. The van der Waals surface area contributed by atoms with Crippen LogP contribution in [0.25, 0.3) is 21.5 Å². The van der Waals surface area contributed by atoms with Gasteiger partial charge in [0, 0.05) is 21.5 Å². The molecule has 0 aromatic heterocycles. The summed E-state index contributed by atoms with van der Waals surface area (Å²) in [4.78, 5) is 0. The second kappa shape index (κ2) is 11.6. The maximum atomic E-state index is 11.0. The van der Waals surface area contributed by atoms with Gasteiger partial charge in [-0.15, -0.1) is 0 Å². The SMILES string of the molecule is C/C(=C\CCc1ccc2c(O)c3cc(CCCC(C)C)ccc3c(O)c2c1)CCCC(C)C. The fourth-order valence-corrected chi connectivity index (χ4v) is 4.68. The van der Waals surface area contributed by atoms with Crippen molar-refractivity contribution in [1.29, 1.82) is 0 Å². The highest BCUT2D eigenvalue weighted by molar-refractivity contribution is 6.10. The van der Waals surface area contributed by atoms with Gasteiger partial charge in [0.25, 0.3) is 0 Å². The van der Waals surface area contributed by atoms with Gasteiger partial charge >= 0.3 is 0 Å². The molecule has 0 heterocycles. The van der Waals surface area contributed by atoms with E-state index in [4.69, 9.17) is 0 Å². The quantitative estimate of drug-likeness (QED) is 0.175. The monoisotopic (exact) mass is 446 g/mol. The summed E-state index contributed by atoms with van der Waals surface area (Å²) in [5, 5.41) is 25.0. The van der Waals surface area contributed by atoms with Crippen molar-refractivity contribution in [3.8, 4) is 11.5 Å². The lowest BCUT2D eigenvalue weighted by Gasteiger charge is -2.13. The normalized spacial score (nSPS) is 12.5. The zero-order valence-corrected chi connectivity index (χ0v) is 21.2. The molecule has 3 aromatic carbocycles. The molecule has 0 spiro atoms. The number of hydrogen-bond acceptors (Lipinski definition) is 2. The van der Waals surface area contributed by atoms with Crippen LogP contribution < -0.4 is 0 Å². The van der Waals surface area contributed by atoms with E-state index in [1.807, 2.05) is 24.3 Å². The number of allylic oxidation sites excluding steroid dienone is 2. The summed E-state index contributed by atoms with van der Waals surface area (Å²) in [6, 6.07) is 12.2. The Morgan fingerprint density at radius 3 is 1.79 bits per heavy atom. The van der Waals surface area contributed by atoms with Gasteiger partial charge in [0.1, 0.15) is 11.5 Å². The van der Waals surface area contributed by atoms with Crippen LogP contribution in [-0.4, -0.2) is 10.2 Å². The number of phenolic OH excluding ortho intramolecular Hbond substituents is 2. The molecule has 3 aromatic rings. The predicted octanol–water partition coefficient (Wildman–Crippen LogP) is 9.09. The summed E-state index contributed by atoms with van der Waals surface area (Å²) in [6.45, 7) is 11.3. The van der Waals surface area contributed by atoms with Crippen molar-refractivity contribution in [3.05, 3.63) is 59.2 Å². The third kappa shape index (κ3) is 6.76. The minimum atomic E-state index is 0.272. The standard InChI is InChI=1S/C31H42O2/c1-21(2)9-6-11-23(5)12-8-14-25-16-18-27-29(20-25)31(33)26-17-15-24(13-7-10-22(3)4)19-28(26)30(27)32/h12,15-22,32-33H,6-11,13-14H2,1-5H3/b23-12+. The summed E-state index contributed by atoms with van der Waals surface area (Å²) in [5.74, 6) is 2.02. The van der Waals surface area contributed by atoms with Crippen molar-refractivity contribution >= 4 is 21.5 Å². The number of phenols is 2. The van der Waals surface area contributed by atoms with Crippen molar-refractivity contribution in [1.82, 2.24) is 0 Å². The maximum Gasteiger partial charge on any atom is 0.131 e. The Balaban J connectivity index is 1.77. The van der Waals surface area contributed by atoms with Gasteiger partial charge in [-0.25, -0.2) is 0 Å². The molecule has 0 aliphatic heterocycles. The molecule has 33 heavy (non-hydrogen) atoms. The number of fused-ring (bicyclic) bond motifs is 2. The molecule has 0 saturated heterocycles. The Labute approximate surface area is 200 Å². The number of aryl methyl sites for hydroxylation is 2. The summed E-state index contributed by atoms with van der Waals surface area (Å²) in [7, 11) is 0. The molecule has 2 heteroatoms. The van der Waals surface area contributed by atoms with Crippen LogP contribution in [-0.2, 0) is 12.8 Å². The van der Waals surface area contributed by atoms with Gasteiger partial charge < -0.3 is 10.2 Å². The van der Waals surface area contributed by atoms with E-state index in [0.29, 0.717) is 5.92 Å². The van der Waals surface area contributed by atoms with Gasteiger partial charge in [-0.05, 0) is 80.5 Å². The van der Waals surface area contributed by atoms with Crippen molar-refractivity contribution in [2.75, 3.05) is 0 Å². The fraction of sp³-hybridized carbons (Fsp3) is 0.484. The van der Waals surface area contributed by atoms with Crippen LogP contribution in [0.3, 0.4) is 0 Å². The maximum absolute atomic E-state index is 11.0. The van der Waals surface area contributed by atoms with E-state index in [0.717, 1.165) is 53.1 Å². The molecular formula is C31H42O2. The van der Waals surface area contributed by atoms with Crippen LogP contribution in [0.1, 0.15) is 84.3 Å². The summed E-state index contributed by atoms with van der Waals surface area (Å²) in [6.07, 6.45) is 11.3. The molecule has 178 valence electrons. The molecule has 0 fully saturated rings. The number of hydrogen-bond donors (Lipinski definition) is 2. The van der Waals surface area contributed by atoms with E-state index >= 15 is 0 Å². The van der Waals surface area contributed by atoms with Gasteiger partial charge in [-0.1, -0.05) is 76.5 Å².